The Morgan fingerprint density at radius 1 is 1.21 bits per heavy atom. The normalized spacial score (nSPS) is 20.2. The number of carbonyl (C=O) groups excluding carboxylic acids is 2. The van der Waals surface area contributed by atoms with Gasteiger partial charge in [0, 0.05) is 18.5 Å². The summed E-state index contributed by atoms with van der Waals surface area (Å²) in [7, 11) is 0. The van der Waals surface area contributed by atoms with Crippen LogP contribution in [0.4, 0.5) is 14.6 Å². The van der Waals surface area contributed by atoms with E-state index >= 15 is 0 Å². The molecule has 2 aliphatic rings. The Hall–Kier alpha value is -3.10. The number of amides is 2. The van der Waals surface area contributed by atoms with Crippen molar-refractivity contribution < 1.29 is 18.4 Å². The number of benzene rings is 1. The van der Waals surface area contributed by atoms with E-state index < -0.39 is 11.6 Å². The number of halogens is 2. The molecule has 1 aromatic carbocycles. The van der Waals surface area contributed by atoms with Crippen LogP contribution in [0.15, 0.2) is 18.2 Å². The molecular weight excluding hydrogens is 368 g/mol. The van der Waals surface area contributed by atoms with E-state index in [1.807, 2.05) is 6.92 Å². The minimum atomic E-state index is -0.775. The summed E-state index contributed by atoms with van der Waals surface area (Å²) in [4.78, 5) is 32.5. The first-order valence-electron chi connectivity index (χ1n) is 9.15. The lowest BCUT2D eigenvalue weighted by molar-refractivity contribution is -0.127. The Bertz CT molecular complexity index is 939. The number of nitrogens with one attached hydrogen (secondary N) is 3. The number of hydrogen-bond donors (Lipinski definition) is 3. The Balaban J connectivity index is 1.63. The van der Waals surface area contributed by atoms with E-state index in [0.717, 1.165) is 12.1 Å². The smallest absolute Gasteiger partial charge is 0.257 e. The van der Waals surface area contributed by atoms with E-state index in [2.05, 4.69) is 25.9 Å². The van der Waals surface area contributed by atoms with E-state index in [-0.39, 0.29) is 53.1 Å². The third kappa shape index (κ3) is 3.17. The maximum atomic E-state index is 14.2. The van der Waals surface area contributed by atoms with Gasteiger partial charge in [-0.15, -0.1) is 0 Å². The number of carbonyl (C=O) groups is 2. The fourth-order valence-corrected chi connectivity index (χ4v) is 3.52. The van der Waals surface area contributed by atoms with Crippen LogP contribution >= 0.6 is 0 Å². The second-order valence-corrected chi connectivity index (χ2v) is 6.90. The van der Waals surface area contributed by atoms with Gasteiger partial charge in [0.2, 0.25) is 5.91 Å². The van der Waals surface area contributed by atoms with Gasteiger partial charge in [0.25, 0.3) is 5.91 Å². The fourth-order valence-electron chi connectivity index (χ4n) is 3.52. The molecule has 1 saturated carbocycles. The van der Waals surface area contributed by atoms with E-state index in [0.29, 0.717) is 25.1 Å². The van der Waals surface area contributed by atoms with Crippen molar-refractivity contribution in [3.8, 4) is 11.4 Å². The van der Waals surface area contributed by atoms with Crippen molar-refractivity contribution in [2.45, 2.75) is 32.4 Å². The molecule has 146 valence electrons. The van der Waals surface area contributed by atoms with Gasteiger partial charge in [0.15, 0.2) is 5.82 Å². The summed E-state index contributed by atoms with van der Waals surface area (Å²) in [5.74, 6) is -1.86. The molecule has 3 N–H and O–H groups in total. The number of nitrogens with zero attached hydrogens (tertiary/aromatic N) is 2. The first kappa shape index (κ1) is 18.3. The molecule has 0 unspecified atom stereocenters. The van der Waals surface area contributed by atoms with E-state index in [1.165, 1.54) is 6.07 Å². The van der Waals surface area contributed by atoms with Crippen LogP contribution in [-0.4, -0.2) is 34.4 Å². The molecule has 7 nitrogen and oxygen atoms in total. The van der Waals surface area contributed by atoms with Gasteiger partial charge in [0.05, 0.1) is 17.8 Å². The Kier molecular flexibility index (Phi) is 4.66. The van der Waals surface area contributed by atoms with Gasteiger partial charge in [-0.2, -0.15) is 0 Å². The average molecular weight is 387 g/mol. The van der Waals surface area contributed by atoms with E-state index in [9.17, 15) is 18.4 Å². The van der Waals surface area contributed by atoms with Crippen LogP contribution < -0.4 is 16.0 Å². The van der Waals surface area contributed by atoms with E-state index in [4.69, 9.17) is 0 Å². The minimum Gasteiger partial charge on any atom is -0.366 e. The van der Waals surface area contributed by atoms with Gasteiger partial charge >= 0.3 is 0 Å². The fraction of sp³-hybridized carbons (Fsp3) is 0.368. The van der Waals surface area contributed by atoms with Crippen LogP contribution in [0.1, 0.15) is 35.8 Å². The second-order valence-electron chi connectivity index (χ2n) is 6.90. The van der Waals surface area contributed by atoms with Gasteiger partial charge in [-0.1, -0.05) is 6.07 Å². The van der Waals surface area contributed by atoms with Crippen LogP contribution in [0, 0.1) is 17.6 Å². The zero-order valence-electron chi connectivity index (χ0n) is 15.2. The summed E-state index contributed by atoms with van der Waals surface area (Å²) in [6.07, 6.45) is 1.19. The van der Waals surface area contributed by atoms with Crippen molar-refractivity contribution in [3.05, 3.63) is 41.1 Å². The monoisotopic (exact) mass is 387 g/mol. The van der Waals surface area contributed by atoms with Crippen molar-refractivity contribution in [1.29, 1.82) is 0 Å². The predicted octanol–water partition coefficient (Wildman–Crippen LogP) is 1.99. The second kappa shape index (κ2) is 7.14. The van der Waals surface area contributed by atoms with Gasteiger partial charge in [0.1, 0.15) is 23.0 Å². The summed E-state index contributed by atoms with van der Waals surface area (Å²) in [5, 5.41) is 8.59. The van der Waals surface area contributed by atoms with Crippen LogP contribution in [0.25, 0.3) is 11.4 Å². The Morgan fingerprint density at radius 3 is 2.61 bits per heavy atom. The largest absolute Gasteiger partial charge is 0.366 e. The molecule has 9 heteroatoms. The molecule has 1 aliphatic heterocycles. The van der Waals surface area contributed by atoms with Crippen LogP contribution in [-0.2, 0) is 11.3 Å². The molecule has 2 amide bonds. The zero-order chi connectivity index (χ0) is 19.8. The molecular formula is C19H19F2N5O2. The SMILES string of the molecule is CCNC(=O)C1CC(Nc2nc(-c3c(F)cccc3F)nc3c2C(=O)NC3)C1. The van der Waals surface area contributed by atoms with Gasteiger partial charge in [-0.05, 0) is 31.9 Å². The standard InChI is InChI=1S/C19H19F2N5O2/c1-2-22-18(27)9-6-10(7-9)24-17-15-13(8-23-19(15)28)25-16(26-17)14-11(20)4-3-5-12(14)21/h3-5,9-10H,2,6-8H2,1H3,(H,22,27)(H,23,28)(H,24,25,26). The number of hydrogen-bond acceptors (Lipinski definition) is 5. The lowest BCUT2D eigenvalue weighted by atomic mass is 9.79. The molecule has 1 fully saturated rings. The highest BCUT2D eigenvalue weighted by Crippen LogP contribution is 2.33. The van der Waals surface area contributed by atoms with Gasteiger partial charge in [-0.25, -0.2) is 18.7 Å². The summed E-state index contributed by atoms with van der Waals surface area (Å²) in [6.45, 7) is 2.60. The molecule has 1 aromatic heterocycles. The maximum Gasteiger partial charge on any atom is 0.257 e. The zero-order valence-corrected chi connectivity index (χ0v) is 15.2. The summed E-state index contributed by atoms with van der Waals surface area (Å²) < 4.78 is 28.4. The molecule has 0 bridgehead atoms. The quantitative estimate of drug-likeness (QED) is 0.729. The number of anilines is 1. The maximum absolute atomic E-state index is 14.2. The average Bonchev–Trinajstić information content (AvgIpc) is 2.99. The number of aromatic nitrogens is 2. The van der Waals surface area contributed by atoms with E-state index in [1.54, 1.807) is 0 Å². The Labute approximate surface area is 160 Å². The lowest BCUT2D eigenvalue weighted by Gasteiger charge is -2.35. The summed E-state index contributed by atoms with van der Waals surface area (Å²) >= 11 is 0. The molecule has 0 spiro atoms. The Morgan fingerprint density at radius 2 is 1.93 bits per heavy atom. The minimum absolute atomic E-state index is 0.000302. The molecule has 2 aromatic rings. The van der Waals surface area contributed by atoms with Gasteiger partial charge < -0.3 is 16.0 Å². The summed E-state index contributed by atoms with van der Waals surface area (Å²) in [6, 6.07) is 3.48. The number of rotatable bonds is 5. The highest BCUT2D eigenvalue weighted by molar-refractivity contribution is 6.02. The van der Waals surface area contributed by atoms with Crippen LogP contribution in [0.2, 0.25) is 0 Å². The lowest BCUT2D eigenvalue weighted by Crippen LogP contribution is -2.44. The molecule has 0 saturated heterocycles. The molecule has 28 heavy (non-hydrogen) atoms. The highest BCUT2D eigenvalue weighted by Gasteiger charge is 2.36. The van der Waals surface area contributed by atoms with Crippen molar-refractivity contribution in [1.82, 2.24) is 20.6 Å². The third-order valence-electron chi connectivity index (χ3n) is 5.01. The molecule has 2 heterocycles. The molecule has 0 atom stereocenters. The van der Waals surface area contributed by atoms with Crippen molar-refractivity contribution >= 4 is 17.6 Å². The van der Waals surface area contributed by atoms with Crippen molar-refractivity contribution in [2.75, 3.05) is 11.9 Å². The topological polar surface area (TPSA) is 96.0 Å². The van der Waals surface area contributed by atoms with Crippen molar-refractivity contribution in [2.24, 2.45) is 5.92 Å². The van der Waals surface area contributed by atoms with Crippen LogP contribution in [0.3, 0.4) is 0 Å². The summed E-state index contributed by atoms with van der Waals surface area (Å²) in [5.41, 5.74) is 0.336. The first-order chi connectivity index (χ1) is 13.5. The highest BCUT2D eigenvalue weighted by atomic mass is 19.1. The van der Waals surface area contributed by atoms with Gasteiger partial charge in [-0.3, -0.25) is 9.59 Å². The molecule has 0 radical (unpaired) electrons. The molecule has 4 rings (SSSR count). The molecule has 1 aliphatic carbocycles. The third-order valence-corrected chi connectivity index (χ3v) is 5.01. The number of fused-ring (bicyclic) bond motifs is 1. The van der Waals surface area contributed by atoms with Crippen LogP contribution in [0.5, 0.6) is 0 Å². The van der Waals surface area contributed by atoms with Crippen molar-refractivity contribution in [3.63, 3.8) is 0 Å². The first-order valence-corrected chi connectivity index (χ1v) is 9.15. The predicted molar refractivity (Wildman–Crippen MR) is 97.4 cm³/mol.